The molecule has 2 rings (SSSR count). The second-order valence-corrected chi connectivity index (χ2v) is 3.67. The molecule has 0 saturated carbocycles. The number of hydrogen-bond acceptors (Lipinski definition) is 1. The summed E-state index contributed by atoms with van der Waals surface area (Å²) in [5.41, 5.74) is 8.70. The van der Waals surface area contributed by atoms with Crippen LogP contribution in [0.2, 0.25) is 5.02 Å². The Balaban J connectivity index is 2.99. The summed E-state index contributed by atoms with van der Waals surface area (Å²) >= 11 is 6.08. The molecule has 0 radical (unpaired) electrons. The van der Waals surface area contributed by atoms with Crippen molar-refractivity contribution >= 4 is 28.2 Å². The maximum atomic E-state index is 6.08. The predicted octanol–water partition coefficient (Wildman–Crippen LogP) is 2.72. The second kappa shape index (κ2) is 2.67. The highest BCUT2D eigenvalue weighted by Crippen LogP contribution is 2.30. The highest BCUT2D eigenvalue weighted by Gasteiger charge is 2.08. The van der Waals surface area contributed by atoms with E-state index in [4.69, 9.17) is 17.3 Å². The number of benzene rings is 1. The Bertz CT molecular complexity index is 471. The monoisotopic (exact) mass is 194 g/mol. The molecule has 0 aliphatic heterocycles. The first kappa shape index (κ1) is 8.45. The van der Waals surface area contributed by atoms with Crippen molar-refractivity contribution in [3.05, 3.63) is 28.9 Å². The lowest BCUT2D eigenvalue weighted by molar-refractivity contribution is 0.969. The number of halogens is 1. The molecule has 0 aliphatic rings. The lowest BCUT2D eigenvalue weighted by atomic mass is 10.1. The van der Waals surface area contributed by atoms with Crippen LogP contribution in [-0.4, -0.2) is 4.57 Å². The van der Waals surface area contributed by atoms with Gasteiger partial charge in [0, 0.05) is 24.3 Å². The number of hydrogen-bond donors (Lipinski definition) is 1. The van der Waals surface area contributed by atoms with Gasteiger partial charge in [0.05, 0.1) is 10.5 Å². The van der Waals surface area contributed by atoms with Crippen LogP contribution < -0.4 is 5.73 Å². The summed E-state index contributed by atoms with van der Waals surface area (Å²) in [4.78, 5) is 0. The summed E-state index contributed by atoms with van der Waals surface area (Å²) in [6, 6.07) is 3.84. The minimum atomic E-state index is 0.714. The number of nitrogen functional groups attached to an aromatic ring is 1. The number of fused-ring (bicyclic) bond motifs is 1. The average Bonchev–Trinajstić information content (AvgIpc) is 2.44. The van der Waals surface area contributed by atoms with Crippen molar-refractivity contribution in [1.82, 2.24) is 4.57 Å². The molecule has 3 heteroatoms. The average molecular weight is 195 g/mol. The van der Waals surface area contributed by atoms with Crippen molar-refractivity contribution in [2.45, 2.75) is 6.92 Å². The van der Waals surface area contributed by atoms with E-state index in [0.717, 1.165) is 22.2 Å². The Morgan fingerprint density at radius 2 is 2.15 bits per heavy atom. The van der Waals surface area contributed by atoms with Gasteiger partial charge in [0.2, 0.25) is 0 Å². The zero-order chi connectivity index (χ0) is 9.59. The van der Waals surface area contributed by atoms with E-state index in [1.807, 2.05) is 30.8 Å². The van der Waals surface area contributed by atoms with Gasteiger partial charge in [0.25, 0.3) is 0 Å². The molecule has 2 nitrogen and oxygen atoms in total. The van der Waals surface area contributed by atoms with Gasteiger partial charge in [0.1, 0.15) is 0 Å². The quantitative estimate of drug-likeness (QED) is 0.643. The third-order valence-electron chi connectivity index (χ3n) is 2.42. The molecule has 1 heterocycles. The topological polar surface area (TPSA) is 30.9 Å². The van der Waals surface area contributed by atoms with E-state index in [1.54, 1.807) is 6.07 Å². The van der Waals surface area contributed by atoms with Crippen molar-refractivity contribution in [3.63, 3.8) is 0 Å². The Morgan fingerprint density at radius 3 is 2.85 bits per heavy atom. The largest absolute Gasteiger partial charge is 0.398 e. The Labute approximate surface area is 81.9 Å². The number of nitrogens with two attached hydrogens (primary N) is 1. The molecule has 0 spiro atoms. The molecule has 1 aromatic heterocycles. The van der Waals surface area contributed by atoms with E-state index >= 15 is 0 Å². The van der Waals surface area contributed by atoms with Crippen molar-refractivity contribution in [2.24, 2.45) is 7.05 Å². The normalized spacial score (nSPS) is 11.0. The van der Waals surface area contributed by atoms with Crippen LogP contribution in [0, 0.1) is 6.92 Å². The number of aryl methyl sites for hydroxylation is 2. The van der Waals surface area contributed by atoms with E-state index in [9.17, 15) is 0 Å². The Hall–Kier alpha value is -1.15. The van der Waals surface area contributed by atoms with Crippen LogP contribution in [-0.2, 0) is 7.05 Å². The van der Waals surface area contributed by atoms with Crippen LogP contribution in [0.3, 0.4) is 0 Å². The lowest BCUT2D eigenvalue weighted by Crippen LogP contribution is -1.92. The van der Waals surface area contributed by atoms with E-state index in [-0.39, 0.29) is 0 Å². The number of nitrogens with zero attached hydrogens (tertiary/aromatic N) is 1. The van der Waals surface area contributed by atoms with Gasteiger partial charge in [-0.25, -0.2) is 0 Å². The highest BCUT2D eigenvalue weighted by molar-refractivity contribution is 6.35. The summed E-state index contributed by atoms with van der Waals surface area (Å²) in [5, 5.41) is 1.85. The zero-order valence-electron chi connectivity index (χ0n) is 7.63. The van der Waals surface area contributed by atoms with Gasteiger partial charge in [-0.1, -0.05) is 11.6 Å². The molecule has 1 aromatic carbocycles. The molecular formula is C10H11ClN2. The molecule has 0 fully saturated rings. The first-order valence-electron chi connectivity index (χ1n) is 4.11. The maximum Gasteiger partial charge on any atom is 0.0671 e. The predicted molar refractivity (Wildman–Crippen MR) is 57.1 cm³/mol. The van der Waals surface area contributed by atoms with Crippen LogP contribution in [0.4, 0.5) is 5.69 Å². The van der Waals surface area contributed by atoms with Gasteiger partial charge in [0.15, 0.2) is 0 Å². The molecule has 2 aromatic rings. The van der Waals surface area contributed by atoms with Gasteiger partial charge >= 0.3 is 0 Å². The molecule has 2 N–H and O–H groups in total. The lowest BCUT2D eigenvalue weighted by Gasteiger charge is -2.05. The third-order valence-corrected chi connectivity index (χ3v) is 2.71. The van der Waals surface area contributed by atoms with Crippen molar-refractivity contribution in [3.8, 4) is 0 Å². The molecule has 0 bridgehead atoms. The van der Waals surface area contributed by atoms with E-state index in [2.05, 4.69) is 0 Å². The molecule has 68 valence electrons. The third kappa shape index (κ3) is 1.10. The van der Waals surface area contributed by atoms with Crippen molar-refractivity contribution in [2.75, 3.05) is 5.73 Å². The molecular weight excluding hydrogens is 184 g/mol. The summed E-state index contributed by atoms with van der Waals surface area (Å²) in [6.45, 7) is 2.01. The van der Waals surface area contributed by atoms with E-state index < -0.39 is 0 Å². The minimum Gasteiger partial charge on any atom is -0.398 e. The van der Waals surface area contributed by atoms with Crippen molar-refractivity contribution in [1.29, 1.82) is 0 Å². The SMILES string of the molecule is Cc1c(N)cc(Cl)c2c1ccn2C. The van der Waals surface area contributed by atoms with E-state index in [0.29, 0.717) is 5.02 Å². The van der Waals surface area contributed by atoms with Crippen LogP contribution in [0.1, 0.15) is 5.56 Å². The van der Waals surface area contributed by atoms with Gasteiger partial charge in [-0.2, -0.15) is 0 Å². The number of aromatic nitrogens is 1. The summed E-state index contributed by atoms with van der Waals surface area (Å²) in [6.07, 6.45) is 1.99. The molecule has 0 amide bonds. The number of anilines is 1. The van der Waals surface area contributed by atoms with Crippen molar-refractivity contribution < 1.29 is 0 Å². The summed E-state index contributed by atoms with van der Waals surface area (Å²) in [5.74, 6) is 0. The zero-order valence-corrected chi connectivity index (χ0v) is 8.39. The highest BCUT2D eigenvalue weighted by atomic mass is 35.5. The van der Waals surface area contributed by atoms with E-state index in [1.165, 1.54) is 0 Å². The Morgan fingerprint density at radius 1 is 1.46 bits per heavy atom. The fourth-order valence-electron chi connectivity index (χ4n) is 1.60. The Kier molecular flexibility index (Phi) is 1.74. The van der Waals surface area contributed by atoms with Crippen LogP contribution in [0.25, 0.3) is 10.9 Å². The second-order valence-electron chi connectivity index (χ2n) is 3.26. The minimum absolute atomic E-state index is 0.714. The van der Waals surface area contributed by atoms with Gasteiger partial charge in [-0.3, -0.25) is 0 Å². The van der Waals surface area contributed by atoms with Gasteiger partial charge in [-0.15, -0.1) is 0 Å². The van der Waals surface area contributed by atoms with Crippen LogP contribution in [0.5, 0.6) is 0 Å². The molecule has 0 aliphatic carbocycles. The molecule has 13 heavy (non-hydrogen) atoms. The van der Waals surface area contributed by atoms with Gasteiger partial charge in [-0.05, 0) is 24.6 Å². The standard InChI is InChI=1S/C10H11ClN2/c1-6-7-3-4-13(2)10(7)8(11)5-9(6)12/h3-5H,12H2,1-2H3. The molecule has 0 unspecified atom stereocenters. The summed E-state index contributed by atoms with van der Waals surface area (Å²) in [7, 11) is 1.98. The fraction of sp³-hybridized carbons (Fsp3) is 0.200. The first-order chi connectivity index (χ1) is 6.11. The fourth-order valence-corrected chi connectivity index (χ4v) is 1.95. The summed E-state index contributed by atoms with van der Waals surface area (Å²) < 4.78 is 2.00. The number of rotatable bonds is 0. The maximum absolute atomic E-state index is 6.08. The molecule has 0 atom stereocenters. The van der Waals surface area contributed by atoms with Crippen LogP contribution >= 0.6 is 11.6 Å². The smallest absolute Gasteiger partial charge is 0.0671 e. The van der Waals surface area contributed by atoms with Gasteiger partial charge < -0.3 is 10.3 Å². The van der Waals surface area contributed by atoms with Crippen LogP contribution in [0.15, 0.2) is 18.3 Å². The first-order valence-corrected chi connectivity index (χ1v) is 4.48. The molecule has 0 saturated heterocycles.